The van der Waals surface area contributed by atoms with Gasteiger partial charge in [0, 0.05) is 38.4 Å². The Labute approximate surface area is 153 Å². The molecule has 2 atom stereocenters. The summed E-state index contributed by atoms with van der Waals surface area (Å²) in [6, 6.07) is 0.315. The number of nitrogens with zero attached hydrogens (tertiary/aromatic N) is 4. The van der Waals surface area contributed by atoms with Crippen molar-refractivity contribution in [3.63, 3.8) is 0 Å². The maximum absolute atomic E-state index is 4.84. The molecule has 2 heterocycles. The zero-order valence-electron chi connectivity index (χ0n) is 16.9. The van der Waals surface area contributed by atoms with Gasteiger partial charge < -0.3 is 15.5 Å². The van der Waals surface area contributed by atoms with Crippen molar-refractivity contribution in [2.45, 2.75) is 53.5 Å². The molecule has 0 bridgehead atoms. The van der Waals surface area contributed by atoms with Gasteiger partial charge in [-0.15, -0.1) is 0 Å². The molecule has 142 valence electrons. The highest BCUT2D eigenvalue weighted by atomic mass is 15.3. The maximum atomic E-state index is 4.84. The van der Waals surface area contributed by atoms with Crippen LogP contribution >= 0.6 is 0 Å². The minimum atomic E-state index is 0.315. The van der Waals surface area contributed by atoms with Gasteiger partial charge in [-0.05, 0) is 65.1 Å². The van der Waals surface area contributed by atoms with Crippen molar-refractivity contribution in [3.8, 4) is 0 Å². The first kappa shape index (κ1) is 19.8. The molecule has 6 nitrogen and oxygen atoms in total. The van der Waals surface area contributed by atoms with E-state index in [9.17, 15) is 0 Å². The Balaban J connectivity index is 1.92. The van der Waals surface area contributed by atoms with E-state index in [0.717, 1.165) is 37.7 Å². The molecule has 0 radical (unpaired) electrons. The van der Waals surface area contributed by atoms with Crippen LogP contribution in [0.1, 0.15) is 44.1 Å². The van der Waals surface area contributed by atoms with Gasteiger partial charge in [-0.25, -0.2) is 0 Å². The van der Waals surface area contributed by atoms with E-state index in [1.54, 1.807) is 0 Å². The van der Waals surface area contributed by atoms with Crippen LogP contribution in [0.2, 0.25) is 0 Å². The lowest BCUT2D eigenvalue weighted by atomic mass is 10.1. The second-order valence-corrected chi connectivity index (χ2v) is 7.29. The summed E-state index contributed by atoms with van der Waals surface area (Å²) in [6.07, 6.45) is 2.23. The van der Waals surface area contributed by atoms with Crippen LogP contribution in [0.3, 0.4) is 0 Å². The largest absolute Gasteiger partial charge is 0.357 e. The number of guanidine groups is 1. The first-order chi connectivity index (χ1) is 11.9. The summed E-state index contributed by atoms with van der Waals surface area (Å²) >= 11 is 0. The van der Waals surface area contributed by atoms with Crippen LogP contribution in [-0.4, -0.2) is 59.4 Å². The van der Waals surface area contributed by atoms with Gasteiger partial charge in [0.25, 0.3) is 0 Å². The lowest BCUT2D eigenvalue weighted by Gasteiger charge is -2.19. The number of rotatable bonds is 7. The summed E-state index contributed by atoms with van der Waals surface area (Å²) in [4.78, 5) is 7.35. The third kappa shape index (κ3) is 5.46. The van der Waals surface area contributed by atoms with E-state index >= 15 is 0 Å². The van der Waals surface area contributed by atoms with Crippen molar-refractivity contribution < 1.29 is 0 Å². The lowest BCUT2D eigenvalue weighted by molar-refractivity contribution is 0.343. The summed E-state index contributed by atoms with van der Waals surface area (Å²) in [5.74, 6) is 1.62. The fourth-order valence-electron chi connectivity index (χ4n) is 3.59. The third-order valence-electron chi connectivity index (χ3n) is 5.22. The van der Waals surface area contributed by atoms with E-state index < -0.39 is 0 Å². The molecule has 0 aliphatic carbocycles. The maximum Gasteiger partial charge on any atom is 0.191 e. The van der Waals surface area contributed by atoms with E-state index in [1.165, 1.54) is 30.8 Å². The number of hydrogen-bond acceptors (Lipinski definition) is 3. The molecule has 0 spiro atoms. The predicted molar refractivity (Wildman–Crippen MR) is 105 cm³/mol. The average Bonchev–Trinajstić information content (AvgIpc) is 3.13. The molecule has 2 unspecified atom stereocenters. The normalized spacial score (nSPS) is 20.1. The van der Waals surface area contributed by atoms with Crippen molar-refractivity contribution in [2.24, 2.45) is 18.0 Å². The van der Waals surface area contributed by atoms with Crippen molar-refractivity contribution in [1.82, 2.24) is 25.3 Å². The zero-order chi connectivity index (χ0) is 18.4. The molecule has 1 fully saturated rings. The van der Waals surface area contributed by atoms with Crippen molar-refractivity contribution in [3.05, 3.63) is 17.0 Å². The van der Waals surface area contributed by atoms with Gasteiger partial charge >= 0.3 is 0 Å². The molecule has 2 rings (SSSR count). The number of likely N-dealkylation sites (tertiary alicyclic amines) is 1. The minimum Gasteiger partial charge on any atom is -0.357 e. The summed E-state index contributed by atoms with van der Waals surface area (Å²) in [7, 11) is 2.01. The van der Waals surface area contributed by atoms with Gasteiger partial charge in [0.1, 0.15) is 0 Å². The molecule has 25 heavy (non-hydrogen) atoms. The molecule has 0 aromatic carbocycles. The molecule has 1 saturated heterocycles. The van der Waals surface area contributed by atoms with Crippen LogP contribution in [0.4, 0.5) is 0 Å². The molecular weight excluding hydrogens is 312 g/mol. The molecule has 1 aromatic rings. The number of aryl methyl sites for hydroxylation is 2. The lowest BCUT2D eigenvalue weighted by Crippen LogP contribution is -2.43. The standard InChI is InChI=1S/C19H36N6/c1-7-20-19(21-12-17-9-10-25(8-2)13-17)22-14(3)11-18-15(4)23-24(6)16(18)5/h14,17H,7-13H2,1-6H3,(H2,20,21,22). The molecule has 1 aliphatic rings. The smallest absolute Gasteiger partial charge is 0.191 e. The van der Waals surface area contributed by atoms with Gasteiger partial charge in [-0.3, -0.25) is 9.67 Å². The Morgan fingerprint density at radius 2 is 2.12 bits per heavy atom. The molecule has 6 heteroatoms. The first-order valence-electron chi connectivity index (χ1n) is 9.70. The first-order valence-corrected chi connectivity index (χ1v) is 9.70. The topological polar surface area (TPSA) is 57.5 Å². The SMILES string of the molecule is CCNC(=NCC1CCN(CC)C1)NC(C)Cc1c(C)nn(C)c1C. The summed E-state index contributed by atoms with van der Waals surface area (Å²) in [5, 5.41) is 11.5. The molecule has 0 saturated carbocycles. The molecule has 0 amide bonds. The Morgan fingerprint density at radius 3 is 2.68 bits per heavy atom. The van der Waals surface area contributed by atoms with Gasteiger partial charge in [0.2, 0.25) is 0 Å². The Morgan fingerprint density at radius 1 is 1.36 bits per heavy atom. The highest BCUT2D eigenvalue weighted by Crippen LogP contribution is 2.16. The van der Waals surface area contributed by atoms with Gasteiger partial charge in [0.05, 0.1) is 5.69 Å². The van der Waals surface area contributed by atoms with Crippen LogP contribution in [0.5, 0.6) is 0 Å². The number of aromatic nitrogens is 2. The fourth-order valence-corrected chi connectivity index (χ4v) is 3.59. The van der Waals surface area contributed by atoms with Crippen molar-refractivity contribution in [2.75, 3.05) is 32.7 Å². The minimum absolute atomic E-state index is 0.315. The number of hydrogen-bond donors (Lipinski definition) is 2. The summed E-state index contributed by atoms with van der Waals surface area (Å²) in [5.41, 5.74) is 3.72. The molecule has 1 aliphatic heterocycles. The summed E-state index contributed by atoms with van der Waals surface area (Å²) < 4.78 is 1.97. The van der Waals surface area contributed by atoms with E-state index in [2.05, 4.69) is 55.3 Å². The second kappa shape index (κ2) is 9.22. The average molecular weight is 349 g/mol. The van der Waals surface area contributed by atoms with Crippen molar-refractivity contribution >= 4 is 5.96 Å². The van der Waals surface area contributed by atoms with E-state index in [0.29, 0.717) is 12.0 Å². The van der Waals surface area contributed by atoms with Crippen molar-refractivity contribution in [1.29, 1.82) is 0 Å². The molecular formula is C19H36N6. The van der Waals surface area contributed by atoms with Gasteiger partial charge in [0.15, 0.2) is 5.96 Å². The number of nitrogens with one attached hydrogen (secondary N) is 2. The zero-order valence-corrected chi connectivity index (χ0v) is 16.9. The number of aliphatic imine (C=N–C) groups is 1. The quantitative estimate of drug-likeness (QED) is 0.583. The second-order valence-electron chi connectivity index (χ2n) is 7.29. The highest BCUT2D eigenvalue weighted by Gasteiger charge is 2.21. The Bertz CT molecular complexity index is 577. The van der Waals surface area contributed by atoms with E-state index in [1.807, 2.05) is 11.7 Å². The molecule has 1 aromatic heterocycles. The molecule has 2 N–H and O–H groups in total. The third-order valence-corrected chi connectivity index (χ3v) is 5.22. The van der Waals surface area contributed by atoms with Crippen LogP contribution in [0, 0.1) is 19.8 Å². The van der Waals surface area contributed by atoms with Gasteiger partial charge in [-0.1, -0.05) is 6.92 Å². The van der Waals surface area contributed by atoms with Crippen LogP contribution in [0.15, 0.2) is 4.99 Å². The highest BCUT2D eigenvalue weighted by molar-refractivity contribution is 5.80. The van der Waals surface area contributed by atoms with Crippen LogP contribution in [-0.2, 0) is 13.5 Å². The van der Waals surface area contributed by atoms with E-state index in [-0.39, 0.29) is 0 Å². The van der Waals surface area contributed by atoms with Crippen LogP contribution in [0.25, 0.3) is 0 Å². The van der Waals surface area contributed by atoms with Gasteiger partial charge in [-0.2, -0.15) is 5.10 Å². The summed E-state index contributed by atoms with van der Waals surface area (Å²) in [6.45, 7) is 16.1. The fraction of sp³-hybridized carbons (Fsp3) is 0.789. The van der Waals surface area contributed by atoms with E-state index in [4.69, 9.17) is 4.99 Å². The predicted octanol–water partition coefficient (Wildman–Crippen LogP) is 1.86. The Kier molecular flexibility index (Phi) is 7.29. The van der Waals surface area contributed by atoms with Crippen LogP contribution < -0.4 is 10.6 Å². The monoisotopic (exact) mass is 348 g/mol. The Hall–Kier alpha value is -1.56.